The van der Waals surface area contributed by atoms with Gasteiger partial charge in [0, 0.05) is 23.5 Å². The van der Waals surface area contributed by atoms with Gasteiger partial charge in [0.05, 0.1) is 0 Å². The van der Waals surface area contributed by atoms with E-state index in [2.05, 4.69) is 14.7 Å². The summed E-state index contributed by atoms with van der Waals surface area (Å²) >= 11 is 1.33. The van der Waals surface area contributed by atoms with Gasteiger partial charge in [0.2, 0.25) is 5.13 Å². The molecule has 0 aromatic carbocycles. The lowest BCUT2D eigenvalue weighted by atomic mass is 9.99. The van der Waals surface area contributed by atoms with Gasteiger partial charge in [-0.25, -0.2) is 4.98 Å². The van der Waals surface area contributed by atoms with Gasteiger partial charge in [-0.15, -0.1) is 0 Å². The van der Waals surface area contributed by atoms with Crippen LogP contribution in [-0.2, 0) is 9.53 Å². The summed E-state index contributed by atoms with van der Waals surface area (Å²) in [5.74, 6) is 0.589. The Morgan fingerprint density at radius 2 is 1.95 bits per heavy atom. The molecule has 1 heterocycles. The number of carbonyl (C=O) groups is 1. The first-order valence-corrected chi connectivity index (χ1v) is 7.15. The van der Waals surface area contributed by atoms with Gasteiger partial charge in [-0.1, -0.05) is 0 Å². The van der Waals surface area contributed by atoms with Gasteiger partial charge in [-0.3, -0.25) is 4.79 Å². The maximum absolute atomic E-state index is 11.7. The van der Waals surface area contributed by atoms with E-state index in [1.807, 2.05) is 41.5 Å². The van der Waals surface area contributed by atoms with Crippen molar-refractivity contribution >= 4 is 22.6 Å². The third-order valence-corrected chi connectivity index (χ3v) is 3.07. The summed E-state index contributed by atoms with van der Waals surface area (Å²) in [6.07, 6.45) is 1.07. The Labute approximate surface area is 118 Å². The van der Waals surface area contributed by atoms with Crippen molar-refractivity contribution in [3.63, 3.8) is 0 Å². The molecule has 0 aliphatic carbocycles. The van der Waals surface area contributed by atoms with Crippen LogP contribution in [0.25, 0.3) is 0 Å². The molecule has 0 amide bonds. The Balaban J connectivity index is 2.44. The van der Waals surface area contributed by atoms with E-state index in [0.717, 1.165) is 11.0 Å². The SMILES string of the molecule is Cc1nsc(NC(C)(C)CCC(=O)OC(C)(C)C)n1. The van der Waals surface area contributed by atoms with E-state index in [-0.39, 0.29) is 11.5 Å². The van der Waals surface area contributed by atoms with Crippen molar-refractivity contribution in [1.29, 1.82) is 0 Å². The van der Waals surface area contributed by atoms with Crippen molar-refractivity contribution < 1.29 is 9.53 Å². The number of nitrogens with one attached hydrogen (secondary N) is 1. The molecule has 0 bridgehead atoms. The summed E-state index contributed by atoms with van der Waals surface area (Å²) in [6.45, 7) is 11.5. The third-order valence-electron chi connectivity index (χ3n) is 2.35. The maximum atomic E-state index is 11.7. The van der Waals surface area contributed by atoms with E-state index < -0.39 is 5.60 Å². The van der Waals surface area contributed by atoms with Crippen LogP contribution in [0.2, 0.25) is 0 Å². The largest absolute Gasteiger partial charge is 0.460 e. The minimum Gasteiger partial charge on any atom is -0.460 e. The molecule has 0 radical (unpaired) electrons. The van der Waals surface area contributed by atoms with E-state index in [4.69, 9.17) is 4.74 Å². The zero-order valence-electron chi connectivity index (χ0n) is 12.5. The molecule has 0 fully saturated rings. The van der Waals surface area contributed by atoms with Gasteiger partial charge in [0.15, 0.2) is 0 Å². The third kappa shape index (κ3) is 6.52. The summed E-state index contributed by atoms with van der Waals surface area (Å²) in [6, 6.07) is 0. The van der Waals surface area contributed by atoms with Crippen LogP contribution in [-0.4, -0.2) is 26.5 Å². The number of esters is 1. The van der Waals surface area contributed by atoms with Crippen LogP contribution < -0.4 is 5.32 Å². The molecular formula is C13H23N3O2S. The first kappa shape index (κ1) is 15.9. The van der Waals surface area contributed by atoms with Crippen LogP contribution >= 0.6 is 11.5 Å². The van der Waals surface area contributed by atoms with Crippen molar-refractivity contribution in [3.05, 3.63) is 5.82 Å². The molecule has 6 heteroatoms. The molecule has 1 N–H and O–H groups in total. The second-order valence-corrected chi connectivity index (χ2v) is 6.99. The quantitative estimate of drug-likeness (QED) is 0.842. The van der Waals surface area contributed by atoms with Gasteiger partial charge < -0.3 is 10.1 Å². The molecule has 1 rings (SSSR count). The molecule has 5 nitrogen and oxygen atoms in total. The van der Waals surface area contributed by atoms with Crippen LogP contribution in [0.1, 0.15) is 53.3 Å². The molecule has 1 aromatic rings. The summed E-state index contributed by atoms with van der Waals surface area (Å²) < 4.78 is 9.42. The lowest BCUT2D eigenvalue weighted by Crippen LogP contribution is -2.32. The highest BCUT2D eigenvalue weighted by atomic mass is 32.1. The van der Waals surface area contributed by atoms with Crippen molar-refractivity contribution in [2.24, 2.45) is 0 Å². The van der Waals surface area contributed by atoms with E-state index in [1.54, 1.807) is 0 Å². The minimum absolute atomic E-state index is 0.171. The Kier molecular flexibility index (Phi) is 4.90. The number of rotatable bonds is 5. The summed E-state index contributed by atoms with van der Waals surface area (Å²) in [7, 11) is 0. The number of aryl methyl sites for hydroxylation is 1. The van der Waals surface area contributed by atoms with Crippen LogP contribution in [0.5, 0.6) is 0 Å². The van der Waals surface area contributed by atoms with Gasteiger partial charge in [-0.05, 0) is 48.0 Å². The summed E-state index contributed by atoms with van der Waals surface area (Å²) in [4.78, 5) is 15.9. The zero-order chi connectivity index (χ0) is 14.7. The van der Waals surface area contributed by atoms with E-state index in [0.29, 0.717) is 12.8 Å². The molecule has 1 aromatic heterocycles. The average Bonchev–Trinajstić information content (AvgIpc) is 2.58. The number of nitrogens with zero attached hydrogens (tertiary/aromatic N) is 2. The Morgan fingerprint density at radius 1 is 1.32 bits per heavy atom. The first-order valence-electron chi connectivity index (χ1n) is 6.38. The molecule has 0 atom stereocenters. The smallest absolute Gasteiger partial charge is 0.306 e. The van der Waals surface area contributed by atoms with E-state index >= 15 is 0 Å². The second-order valence-electron chi connectivity index (χ2n) is 6.24. The van der Waals surface area contributed by atoms with Gasteiger partial charge >= 0.3 is 5.97 Å². The van der Waals surface area contributed by atoms with Crippen LogP contribution in [0, 0.1) is 6.92 Å². The summed E-state index contributed by atoms with van der Waals surface area (Å²) in [5, 5.41) is 4.08. The number of hydrogen-bond acceptors (Lipinski definition) is 6. The van der Waals surface area contributed by atoms with Crippen molar-refractivity contribution in [3.8, 4) is 0 Å². The molecule has 0 saturated heterocycles. The standard InChI is InChI=1S/C13H23N3O2S/c1-9-14-11(19-16-9)15-13(5,6)8-7-10(17)18-12(2,3)4/h7-8H2,1-6H3,(H,14,15,16). The maximum Gasteiger partial charge on any atom is 0.306 e. The van der Waals surface area contributed by atoms with E-state index in [1.165, 1.54) is 11.5 Å². The Hall–Kier alpha value is -1.17. The fourth-order valence-electron chi connectivity index (χ4n) is 1.51. The number of aromatic nitrogens is 2. The van der Waals surface area contributed by atoms with E-state index in [9.17, 15) is 4.79 Å². The predicted molar refractivity (Wildman–Crippen MR) is 77.4 cm³/mol. The highest BCUT2D eigenvalue weighted by Crippen LogP contribution is 2.21. The lowest BCUT2D eigenvalue weighted by Gasteiger charge is -2.26. The summed E-state index contributed by atoms with van der Waals surface area (Å²) in [5.41, 5.74) is -0.645. The highest BCUT2D eigenvalue weighted by molar-refractivity contribution is 7.09. The highest BCUT2D eigenvalue weighted by Gasteiger charge is 2.23. The van der Waals surface area contributed by atoms with Gasteiger partial charge in [0.25, 0.3) is 0 Å². The van der Waals surface area contributed by atoms with Gasteiger partial charge in [-0.2, -0.15) is 4.37 Å². The van der Waals surface area contributed by atoms with Crippen molar-refractivity contribution in [2.45, 2.75) is 65.5 Å². The average molecular weight is 285 g/mol. The number of ether oxygens (including phenoxy) is 1. The molecule has 0 aliphatic heterocycles. The number of hydrogen-bond donors (Lipinski definition) is 1. The predicted octanol–water partition coefficient (Wildman–Crippen LogP) is 3.16. The monoisotopic (exact) mass is 285 g/mol. The second kappa shape index (κ2) is 5.86. The molecule has 0 unspecified atom stereocenters. The van der Waals surface area contributed by atoms with Crippen molar-refractivity contribution in [1.82, 2.24) is 9.36 Å². The van der Waals surface area contributed by atoms with Crippen LogP contribution in [0.3, 0.4) is 0 Å². The molecule has 0 saturated carbocycles. The van der Waals surface area contributed by atoms with Crippen molar-refractivity contribution in [2.75, 3.05) is 5.32 Å². The topological polar surface area (TPSA) is 64.1 Å². The fourth-order valence-corrected chi connectivity index (χ4v) is 2.26. The molecule has 108 valence electrons. The molecule has 19 heavy (non-hydrogen) atoms. The number of carbonyl (C=O) groups excluding carboxylic acids is 1. The lowest BCUT2D eigenvalue weighted by molar-refractivity contribution is -0.155. The molecule has 0 spiro atoms. The number of anilines is 1. The molecular weight excluding hydrogens is 262 g/mol. The van der Waals surface area contributed by atoms with Gasteiger partial charge in [0.1, 0.15) is 11.4 Å². The molecule has 0 aliphatic rings. The Bertz CT molecular complexity index is 435. The first-order chi connectivity index (χ1) is 8.57. The normalized spacial score (nSPS) is 12.3. The minimum atomic E-state index is -0.426. The van der Waals surface area contributed by atoms with Crippen LogP contribution in [0.15, 0.2) is 0 Å². The zero-order valence-corrected chi connectivity index (χ0v) is 13.3. The van der Waals surface area contributed by atoms with Crippen LogP contribution in [0.4, 0.5) is 5.13 Å². The Morgan fingerprint density at radius 3 is 2.42 bits per heavy atom. The fraction of sp³-hybridized carbons (Fsp3) is 0.769.